The normalized spacial score (nSPS) is 57.9. The van der Waals surface area contributed by atoms with Crippen molar-refractivity contribution >= 4 is 5.78 Å². The van der Waals surface area contributed by atoms with Crippen LogP contribution in [0.4, 0.5) is 0 Å². The van der Waals surface area contributed by atoms with E-state index in [2.05, 4.69) is 13.8 Å². The molecule has 4 aliphatic rings. The van der Waals surface area contributed by atoms with E-state index in [1.54, 1.807) is 7.11 Å². The maximum absolute atomic E-state index is 11.8. The van der Waals surface area contributed by atoms with Crippen LogP contribution in [-0.2, 0) is 9.53 Å². The Bertz CT molecular complexity index is 282. The molecule has 2 nitrogen and oxygen atoms in total. The van der Waals surface area contributed by atoms with E-state index < -0.39 is 0 Å². The SMILES string of the molecule is COC12C(=O)C3CC1C2C3(C)C. The van der Waals surface area contributed by atoms with E-state index in [1.165, 1.54) is 0 Å². The van der Waals surface area contributed by atoms with Crippen molar-refractivity contribution in [1.29, 1.82) is 0 Å². The summed E-state index contributed by atoms with van der Waals surface area (Å²) in [4.78, 5) is 11.8. The van der Waals surface area contributed by atoms with Crippen LogP contribution < -0.4 is 0 Å². The molecule has 12 heavy (non-hydrogen) atoms. The maximum atomic E-state index is 11.8. The van der Waals surface area contributed by atoms with Gasteiger partial charge < -0.3 is 4.74 Å². The summed E-state index contributed by atoms with van der Waals surface area (Å²) in [5.41, 5.74) is -0.0913. The van der Waals surface area contributed by atoms with Crippen molar-refractivity contribution in [2.24, 2.45) is 23.2 Å². The molecule has 0 amide bonds. The first kappa shape index (κ1) is 7.07. The second-order valence-corrected chi connectivity index (χ2v) is 5.06. The predicted octanol–water partition coefficient (Wildman–Crippen LogP) is 1.25. The zero-order valence-electron chi connectivity index (χ0n) is 7.76. The number of methoxy groups -OCH3 is 1. The Kier molecular flexibility index (Phi) is 0.885. The Hall–Kier alpha value is -0.370. The summed E-state index contributed by atoms with van der Waals surface area (Å²) >= 11 is 0. The second-order valence-electron chi connectivity index (χ2n) is 5.06. The van der Waals surface area contributed by atoms with Crippen molar-refractivity contribution in [2.45, 2.75) is 25.9 Å². The highest BCUT2D eigenvalue weighted by molar-refractivity contribution is 6.00. The third-order valence-corrected chi connectivity index (χ3v) is 4.53. The molecule has 0 aromatic rings. The fraction of sp³-hybridized carbons (Fsp3) is 0.900. The minimum Gasteiger partial charge on any atom is -0.370 e. The monoisotopic (exact) mass is 166 g/mol. The van der Waals surface area contributed by atoms with Crippen LogP contribution in [0.25, 0.3) is 0 Å². The van der Waals surface area contributed by atoms with Gasteiger partial charge in [0.1, 0.15) is 5.60 Å². The number of ketones is 1. The van der Waals surface area contributed by atoms with Crippen molar-refractivity contribution in [3.8, 4) is 0 Å². The van der Waals surface area contributed by atoms with Crippen LogP contribution in [0.2, 0.25) is 0 Å². The zero-order chi connectivity index (χ0) is 8.72. The van der Waals surface area contributed by atoms with Crippen LogP contribution in [-0.4, -0.2) is 18.5 Å². The molecule has 0 radical (unpaired) electrons. The largest absolute Gasteiger partial charge is 0.370 e. The molecule has 0 aromatic heterocycles. The van der Waals surface area contributed by atoms with Gasteiger partial charge in [0.05, 0.1) is 0 Å². The van der Waals surface area contributed by atoms with Crippen LogP contribution in [0.3, 0.4) is 0 Å². The molecular weight excluding hydrogens is 152 g/mol. The van der Waals surface area contributed by atoms with Gasteiger partial charge in [0.2, 0.25) is 0 Å². The van der Waals surface area contributed by atoms with Crippen molar-refractivity contribution < 1.29 is 9.53 Å². The lowest BCUT2D eigenvalue weighted by Crippen LogP contribution is -2.23. The molecule has 0 aromatic carbocycles. The van der Waals surface area contributed by atoms with Crippen LogP contribution >= 0.6 is 0 Å². The van der Waals surface area contributed by atoms with Gasteiger partial charge in [-0.05, 0) is 11.8 Å². The predicted molar refractivity (Wildman–Crippen MR) is 43.6 cm³/mol. The Morgan fingerprint density at radius 1 is 1.50 bits per heavy atom. The van der Waals surface area contributed by atoms with Crippen LogP contribution in [0.15, 0.2) is 0 Å². The number of hydrogen-bond acceptors (Lipinski definition) is 2. The molecule has 4 unspecified atom stereocenters. The van der Waals surface area contributed by atoms with Gasteiger partial charge in [-0.25, -0.2) is 0 Å². The van der Waals surface area contributed by atoms with E-state index in [4.69, 9.17) is 4.74 Å². The summed E-state index contributed by atoms with van der Waals surface area (Å²) in [6, 6.07) is 0. The van der Waals surface area contributed by atoms with Gasteiger partial charge in [-0.2, -0.15) is 0 Å². The van der Waals surface area contributed by atoms with Crippen LogP contribution in [0, 0.1) is 23.2 Å². The first-order valence-corrected chi connectivity index (χ1v) is 4.66. The van der Waals surface area contributed by atoms with E-state index in [0.29, 0.717) is 23.5 Å². The summed E-state index contributed by atoms with van der Waals surface area (Å²) in [7, 11) is 1.69. The van der Waals surface area contributed by atoms with Gasteiger partial charge in [0, 0.05) is 24.9 Å². The lowest BCUT2D eigenvalue weighted by molar-refractivity contribution is -0.130. The van der Waals surface area contributed by atoms with Gasteiger partial charge >= 0.3 is 0 Å². The first-order valence-electron chi connectivity index (χ1n) is 4.66. The van der Waals surface area contributed by atoms with E-state index in [1.807, 2.05) is 0 Å². The van der Waals surface area contributed by atoms with E-state index in [9.17, 15) is 4.79 Å². The molecule has 0 aliphatic heterocycles. The highest BCUT2D eigenvalue weighted by Gasteiger charge is 2.87. The standard InChI is InChI=1S/C10H14O2/c1-9(2)6-4-5-7(9)10(5,12-3)8(6)11/h5-7H,4H2,1-3H3. The van der Waals surface area contributed by atoms with E-state index >= 15 is 0 Å². The molecule has 0 spiro atoms. The minimum atomic E-state index is -0.311. The van der Waals surface area contributed by atoms with Crippen molar-refractivity contribution in [3.63, 3.8) is 0 Å². The molecular formula is C10H14O2. The summed E-state index contributed by atoms with van der Waals surface area (Å²) < 4.78 is 5.42. The average Bonchev–Trinajstić information content (AvgIpc) is 2.41. The van der Waals surface area contributed by atoms with Gasteiger partial charge in [-0.1, -0.05) is 13.8 Å². The number of hydrogen-bond donors (Lipinski definition) is 0. The fourth-order valence-corrected chi connectivity index (χ4v) is 4.02. The van der Waals surface area contributed by atoms with Gasteiger partial charge in [-0.3, -0.25) is 4.79 Å². The molecule has 4 rings (SSSR count). The lowest BCUT2D eigenvalue weighted by Gasteiger charge is -2.20. The molecule has 4 atom stereocenters. The van der Waals surface area contributed by atoms with Crippen molar-refractivity contribution in [3.05, 3.63) is 0 Å². The van der Waals surface area contributed by atoms with Crippen LogP contribution in [0.5, 0.6) is 0 Å². The molecule has 0 N–H and O–H groups in total. The molecule has 0 saturated heterocycles. The molecule has 66 valence electrons. The quantitative estimate of drug-likeness (QED) is 0.586. The Morgan fingerprint density at radius 3 is 2.33 bits per heavy atom. The Labute approximate surface area is 72.3 Å². The molecule has 0 heterocycles. The van der Waals surface area contributed by atoms with Gasteiger partial charge in [0.15, 0.2) is 5.78 Å². The second kappa shape index (κ2) is 1.50. The topological polar surface area (TPSA) is 26.3 Å². The minimum absolute atomic E-state index is 0.220. The van der Waals surface area contributed by atoms with Gasteiger partial charge in [-0.15, -0.1) is 0 Å². The highest BCUT2D eigenvalue weighted by Crippen LogP contribution is 2.79. The number of carbonyl (C=O) groups excluding carboxylic acids is 1. The fourth-order valence-electron chi connectivity index (χ4n) is 4.02. The number of Topliss-reactive ketones (excluding diaryl/α,β-unsaturated/α-hetero) is 1. The molecule has 4 aliphatic carbocycles. The highest BCUT2D eigenvalue weighted by atomic mass is 16.5. The van der Waals surface area contributed by atoms with E-state index in [-0.39, 0.29) is 11.0 Å². The molecule has 2 heteroatoms. The third kappa shape index (κ3) is 0.395. The summed E-state index contributed by atoms with van der Waals surface area (Å²) in [6.07, 6.45) is 1.09. The molecule has 4 bridgehead atoms. The lowest BCUT2D eigenvalue weighted by atomic mass is 9.83. The molecule has 4 saturated carbocycles. The summed E-state index contributed by atoms with van der Waals surface area (Å²) in [5, 5.41) is 0. The summed E-state index contributed by atoms with van der Waals surface area (Å²) in [5.74, 6) is 1.79. The van der Waals surface area contributed by atoms with Crippen molar-refractivity contribution in [1.82, 2.24) is 0 Å². The maximum Gasteiger partial charge on any atom is 0.168 e. The Balaban J connectivity index is 2.14. The van der Waals surface area contributed by atoms with Gasteiger partial charge in [0.25, 0.3) is 0 Å². The Morgan fingerprint density at radius 2 is 2.17 bits per heavy atom. The van der Waals surface area contributed by atoms with Crippen LogP contribution in [0.1, 0.15) is 20.3 Å². The van der Waals surface area contributed by atoms with E-state index in [0.717, 1.165) is 6.42 Å². The number of carbonyl (C=O) groups is 1. The average molecular weight is 166 g/mol. The zero-order valence-corrected chi connectivity index (χ0v) is 7.76. The smallest absolute Gasteiger partial charge is 0.168 e. The summed E-state index contributed by atoms with van der Waals surface area (Å²) in [6.45, 7) is 4.43. The third-order valence-electron chi connectivity index (χ3n) is 4.53. The van der Waals surface area contributed by atoms with Crippen molar-refractivity contribution in [2.75, 3.05) is 7.11 Å². The number of ether oxygens (including phenoxy) is 1. The number of rotatable bonds is 1. The first-order chi connectivity index (χ1) is 5.56. The molecule has 4 fully saturated rings.